The number of ether oxygens (including phenoxy) is 2. The highest BCUT2D eigenvalue weighted by Crippen LogP contribution is 2.40. The van der Waals surface area contributed by atoms with Gasteiger partial charge in [0, 0.05) is 0 Å². The molecule has 0 radical (unpaired) electrons. The molecule has 0 bridgehead atoms. The van der Waals surface area contributed by atoms with E-state index in [9.17, 15) is 4.79 Å². The molecule has 178 valence electrons. The van der Waals surface area contributed by atoms with Crippen molar-refractivity contribution < 1.29 is 13.9 Å². The molecule has 4 rings (SSSR count). The van der Waals surface area contributed by atoms with Gasteiger partial charge in [-0.05, 0) is 40.6 Å². The summed E-state index contributed by atoms with van der Waals surface area (Å²) in [6.07, 6.45) is 0. The quantitative estimate of drug-likeness (QED) is 0.212. The molecule has 3 aromatic carbocycles. The summed E-state index contributed by atoms with van der Waals surface area (Å²) in [6, 6.07) is 17.6. The lowest BCUT2D eigenvalue weighted by Crippen LogP contribution is -2.60. The van der Waals surface area contributed by atoms with E-state index in [0.717, 1.165) is 16.3 Å². The summed E-state index contributed by atoms with van der Waals surface area (Å²) in [5, 5.41) is 2.65. The molecule has 4 aromatic rings. The fourth-order valence-electron chi connectivity index (χ4n) is 4.89. The van der Waals surface area contributed by atoms with Gasteiger partial charge in [0.05, 0.1) is 25.2 Å². The van der Waals surface area contributed by atoms with E-state index in [1.165, 1.54) is 0 Å². The van der Waals surface area contributed by atoms with Crippen LogP contribution >= 0.6 is 0 Å². The van der Waals surface area contributed by atoms with Crippen molar-refractivity contribution in [3.8, 4) is 22.6 Å². The number of nitrogens with zero attached hydrogens (tertiary/aromatic N) is 1. The van der Waals surface area contributed by atoms with Crippen LogP contribution in [-0.4, -0.2) is 30.7 Å². The standard InChI is InChI=1S/C27H33NO4Si2/c1-30-22-14-13-20(17-24(22)31-2)25-26(29)21-15-18-11-9-10-12-19(18)16-23(21)32-27(25)28(33(3,4)5)34(6,7)8/h9-17H,1-8H3. The monoisotopic (exact) mass is 491 g/mol. The molecule has 0 atom stereocenters. The molecule has 7 heteroatoms. The lowest BCUT2D eigenvalue weighted by molar-refractivity contribution is 0.355. The van der Waals surface area contributed by atoms with Crippen LogP contribution in [0.4, 0.5) is 5.88 Å². The Morgan fingerprint density at radius 1 is 0.765 bits per heavy atom. The Balaban J connectivity index is 2.16. The van der Waals surface area contributed by atoms with Gasteiger partial charge in [-0.2, -0.15) is 0 Å². The van der Waals surface area contributed by atoms with Crippen molar-refractivity contribution in [3.63, 3.8) is 0 Å². The highest BCUT2D eigenvalue weighted by molar-refractivity contribution is 6.99. The van der Waals surface area contributed by atoms with E-state index in [2.05, 4.69) is 43.5 Å². The van der Waals surface area contributed by atoms with Crippen molar-refractivity contribution in [2.45, 2.75) is 39.3 Å². The first-order valence-corrected chi connectivity index (χ1v) is 18.4. The maximum atomic E-state index is 14.2. The average molecular weight is 492 g/mol. The van der Waals surface area contributed by atoms with Gasteiger partial charge in [-0.25, -0.2) is 0 Å². The molecule has 0 amide bonds. The van der Waals surface area contributed by atoms with Crippen LogP contribution in [0.15, 0.2) is 63.8 Å². The summed E-state index contributed by atoms with van der Waals surface area (Å²) in [5.41, 5.74) is 1.92. The maximum absolute atomic E-state index is 14.2. The minimum atomic E-state index is -1.92. The van der Waals surface area contributed by atoms with Crippen LogP contribution < -0.4 is 19.1 Å². The van der Waals surface area contributed by atoms with E-state index in [1.54, 1.807) is 14.2 Å². The smallest absolute Gasteiger partial charge is 0.202 e. The number of methoxy groups -OCH3 is 2. The average Bonchev–Trinajstić information content (AvgIpc) is 2.76. The minimum Gasteiger partial charge on any atom is -0.493 e. The molecule has 0 aliphatic heterocycles. The van der Waals surface area contributed by atoms with Gasteiger partial charge in [-0.3, -0.25) is 4.79 Å². The van der Waals surface area contributed by atoms with Crippen LogP contribution in [0.3, 0.4) is 0 Å². The van der Waals surface area contributed by atoms with E-state index >= 15 is 0 Å². The Kier molecular flexibility index (Phi) is 6.12. The third-order valence-corrected chi connectivity index (χ3v) is 13.1. The second kappa shape index (κ2) is 8.63. The van der Waals surface area contributed by atoms with Gasteiger partial charge in [-0.15, -0.1) is 0 Å². The Labute approximate surface area is 203 Å². The minimum absolute atomic E-state index is 0.0317. The fourth-order valence-corrected chi connectivity index (χ4v) is 14.5. The van der Waals surface area contributed by atoms with Crippen molar-refractivity contribution >= 4 is 44.1 Å². The molecule has 0 spiro atoms. The highest BCUT2D eigenvalue weighted by Gasteiger charge is 2.39. The van der Waals surface area contributed by atoms with Gasteiger partial charge in [0.1, 0.15) is 22.1 Å². The summed E-state index contributed by atoms with van der Waals surface area (Å²) in [4.78, 5) is 14.2. The topological polar surface area (TPSA) is 51.9 Å². The SMILES string of the molecule is COc1ccc(-c2c(N([Si](C)(C)C)[Si](C)(C)C)oc3cc4ccccc4cc3c2=O)cc1OC. The van der Waals surface area contributed by atoms with Gasteiger partial charge in [0.25, 0.3) is 0 Å². The van der Waals surface area contributed by atoms with Gasteiger partial charge < -0.3 is 18.1 Å². The fraction of sp³-hybridized carbons (Fsp3) is 0.296. The van der Waals surface area contributed by atoms with Crippen LogP contribution in [-0.2, 0) is 0 Å². The first kappa shape index (κ1) is 24.1. The molecule has 0 aliphatic carbocycles. The first-order chi connectivity index (χ1) is 16.0. The molecule has 0 unspecified atom stereocenters. The molecule has 0 saturated carbocycles. The van der Waals surface area contributed by atoms with Crippen molar-refractivity contribution in [1.29, 1.82) is 0 Å². The van der Waals surface area contributed by atoms with E-state index in [4.69, 9.17) is 13.9 Å². The maximum Gasteiger partial charge on any atom is 0.202 e. The van der Waals surface area contributed by atoms with E-state index in [-0.39, 0.29) is 5.43 Å². The number of hydrogen-bond donors (Lipinski definition) is 0. The zero-order chi connectivity index (χ0) is 24.8. The molecule has 1 aromatic heterocycles. The molecule has 5 nitrogen and oxygen atoms in total. The van der Waals surface area contributed by atoms with Crippen LogP contribution in [0.2, 0.25) is 39.3 Å². The predicted octanol–water partition coefficient (Wildman–Crippen LogP) is 7.11. The van der Waals surface area contributed by atoms with Gasteiger partial charge in [-0.1, -0.05) is 69.6 Å². The van der Waals surface area contributed by atoms with Crippen molar-refractivity contribution in [2.75, 3.05) is 18.5 Å². The summed E-state index contributed by atoms with van der Waals surface area (Å²) >= 11 is 0. The second-order valence-electron chi connectivity index (χ2n) is 10.6. The van der Waals surface area contributed by atoms with Crippen LogP contribution in [0, 0.1) is 0 Å². The predicted molar refractivity (Wildman–Crippen MR) is 148 cm³/mol. The van der Waals surface area contributed by atoms with Crippen molar-refractivity contribution in [1.82, 2.24) is 0 Å². The molecule has 0 N–H and O–H groups in total. The third kappa shape index (κ3) is 4.25. The normalized spacial score (nSPS) is 12.2. The number of hydrogen-bond acceptors (Lipinski definition) is 5. The molecular weight excluding hydrogens is 458 g/mol. The Bertz CT molecular complexity index is 1420. The van der Waals surface area contributed by atoms with E-state index in [1.807, 2.05) is 54.6 Å². The van der Waals surface area contributed by atoms with E-state index in [0.29, 0.717) is 33.9 Å². The lowest BCUT2D eigenvalue weighted by Gasteiger charge is -2.45. The Hall–Kier alpha value is -3.04. The molecule has 0 saturated heterocycles. The highest BCUT2D eigenvalue weighted by atomic mass is 28.4. The van der Waals surface area contributed by atoms with Gasteiger partial charge in [0.2, 0.25) is 5.43 Å². The van der Waals surface area contributed by atoms with Gasteiger partial charge >= 0.3 is 0 Å². The number of fused-ring (bicyclic) bond motifs is 2. The zero-order valence-corrected chi connectivity index (χ0v) is 23.3. The second-order valence-corrected chi connectivity index (χ2v) is 20.6. The van der Waals surface area contributed by atoms with E-state index < -0.39 is 16.5 Å². The summed E-state index contributed by atoms with van der Waals surface area (Å²) in [6.45, 7) is 13.8. The van der Waals surface area contributed by atoms with Crippen molar-refractivity contribution in [2.24, 2.45) is 0 Å². The lowest BCUT2D eigenvalue weighted by atomic mass is 10.0. The Morgan fingerprint density at radius 3 is 1.91 bits per heavy atom. The zero-order valence-electron chi connectivity index (χ0n) is 21.3. The number of rotatable bonds is 6. The van der Waals surface area contributed by atoms with Gasteiger partial charge in [0.15, 0.2) is 17.4 Å². The molecule has 34 heavy (non-hydrogen) atoms. The molecular formula is C27H33NO4Si2. The summed E-state index contributed by atoms with van der Waals surface area (Å²) in [7, 11) is -0.636. The molecule has 1 heterocycles. The first-order valence-electron chi connectivity index (χ1n) is 11.5. The van der Waals surface area contributed by atoms with Crippen LogP contribution in [0.1, 0.15) is 0 Å². The Morgan fingerprint density at radius 2 is 1.35 bits per heavy atom. The molecule has 0 fully saturated rings. The van der Waals surface area contributed by atoms with Crippen molar-refractivity contribution in [3.05, 3.63) is 64.8 Å². The largest absolute Gasteiger partial charge is 0.493 e. The number of anilines is 1. The molecule has 0 aliphatic rings. The summed E-state index contributed by atoms with van der Waals surface area (Å²) < 4.78 is 20.2. The van der Waals surface area contributed by atoms with Crippen LogP contribution in [0.5, 0.6) is 11.5 Å². The summed E-state index contributed by atoms with van der Waals surface area (Å²) in [5.74, 6) is 1.87. The third-order valence-electron chi connectivity index (χ3n) is 5.96. The van der Waals surface area contributed by atoms with Crippen LogP contribution in [0.25, 0.3) is 32.9 Å². The number of benzene rings is 3.